The van der Waals surface area contributed by atoms with Gasteiger partial charge in [-0.05, 0) is 64.9 Å². The van der Waals surface area contributed by atoms with Crippen molar-refractivity contribution in [3.05, 3.63) is 57.4 Å². The standard InChI is InChI=1S/C16H12IN3O2/c1-9-2-3-10(16(21)22)6-14(9)20-15-12-7-11(17)4-5-13(12)18-8-19-15/h2-8H,1H3,(H,21,22)(H,18,19,20)/p-1. The number of carbonyl (C=O) groups excluding carboxylic acids is 1. The largest absolute Gasteiger partial charge is 0.545 e. The van der Waals surface area contributed by atoms with Crippen molar-refractivity contribution in [1.29, 1.82) is 0 Å². The maximum atomic E-state index is 11.0. The van der Waals surface area contributed by atoms with Gasteiger partial charge < -0.3 is 15.2 Å². The van der Waals surface area contributed by atoms with Crippen LogP contribution < -0.4 is 10.4 Å². The molecule has 0 bridgehead atoms. The van der Waals surface area contributed by atoms with E-state index in [1.807, 2.05) is 25.1 Å². The molecule has 2 aromatic carbocycles. The Bertz CT molecular complexity index is 880. The third kappa shape index (κ3) is 2.87. The summed E-state index contributed by atoms with van der Waals surface area (Å²) in [6.07, 6.45) is 1.48. The van der Waals surface area contributed by atoms with Crippen LogP contribution in [0.15, 0.2) is 42.7 Å². The van der Waals surface area contributed by atoms with E-state index >= 15 is 0 Å². The van der Waals surface area contributed by atoms with Crippen molar-refractivity contribution in [1.82, 2.24) is 9.97 Å². The summed E-state index contributed by atoms with van der Waals surface area (Å²) >= 11 is 2.23. The van der Waals surface area contributed by atoms with E-state index in [4.69, 9.17) is 0 Å². The number of anilines is 2. The number of hydrogen-bond acceptors (Lipinski definition) is 5. The van der Waals surface area contributed by atoms with Gasteiger partial charge in [0.2, 0.25) is 0 Å². The number of aromatic carboxylic acids is 1. The maximum absolute atomic E-state index is 11.0. The molecule has 22 heavy (non-hydrogen) atoms. The number of carboxylic acid groups (broad SMARTS) is 1. The fourth-order valence-corrected chi connectivity index (χ4v) is 2.63. The predicted octanol–water partition coefficient (Wildman–Crippen LogP) is 2.65. The van der Waals surface area contributed by atoms with E-state index in [0.717, 1.165) is 20.0 Å². The number of benzene rings is 2. The van der Waals surface area contributed by atoms with Crippen molar-refractivity contribution in [2.75, 3.05) is 5.32 Å². The molecule has 3 aromatic rings. The molecule has 0 amide bonds. The summed E-state index contributed by atoms with van der Waals surface area (Å²) in [6, 6.07) is 10.7. The van der Waals surface area contributed by atoms with E-state index < -0.39 is 5.97 Å². The van der Waals surface area contributed by atoms with Crippen LogP contribution in [0.25, 0.3) is 10.9 Å². The van der Waals surface area contributed by atoms with Crippen molar-refractivity contribution < 1.29 is 9.90 Å². The van der Waals surface area contributed by atoms with Crippen LogP contribution in [0.1, 0.15) is 15.9 Å². The third-order valence-electron chi connectivity index (χ3n) is 3.32. The molecule has 0 fully saturated rings. The van der Waals surface area contributed by atoms with Gasteiger partial charge in [0.15, 0.2) is 0 Å². The van der Waals surface area contributed by atoms with Crippen LogP contribution in [0.5, 0.6) is 0 Å². The summed E-state index contributed by atoms with van der Waals surface area (Å²) in [6.45, 7) is 1.90. The number of fused-ring (bicyclic) bond motifs is 1. The Kier molecular flexibility index (Phi) is 3.93. The highest BCUT2D eigenvalue weighted by molar-refractivity contribution is 14.1. The molecule has 0 radical (unpaired) electrons. The molecule has 0 saturated carbocycles. The Morgan fingerprint density at radius 1 is 1.18 bits per heavy atom. The van der Waals surface area contributed by atoms with Crippen LogP contribution in [-0.2, 0) is 0 Å². The van der Waals surface area contributed by atoms with Gasteiger partial charge in [0, 0.05) is 14.6 Å². The molecule has 0 aliphatic heterocycles. The minimum Gasteiger partial charge on any atom is -0.545 e. The van der Waals surface area contributed by atoms with E-state index in [0.29, 0.717) is 11.5 Å². The monoisotopic (exact) mass is 404 g/mol. The zero-order valence-electron chi connectivity index (χ0n) is 11.6. The zero-order valence-corrected chi connectivity index (χ0v) is 13.8. The van der Waals surface area contributed by atoms with Gasteiger partial charge in [-0.15, -0.1) is 0 Å². The van der Waals surface area contributed by atoms with Gasteiger partial charge in [-0.1, -0.05) is 12.1 Å². The Hall–Kier alpha value is -2.22. The Morgan fingerprint density at radius 3 is 2.77 bits per heavy atom. The van der Waals surface area contributed by atoms with Crippen LogP contribution in [-0.4, -0.2) is 15.9 Å². The molecule has 1 aromatic heterocycles. The molecule has 1 heterocycles. The lowest BCUT2D eigenvalue weighted by Gasteiger charge is -2.13. The predicted molar refractivity (Wildman–Crippen MR) is 91.0 cm³/mol. The van der Waals surface area contributed by atoms with Crippen LogP contribution in [0.3, 0.4) is 0 Å². The van der Waals surface area contributed by atoms with Crippen LogP contribution >= 0.6 is 22.6 Å². The molecule has 0 spiro atoms. The highest BCUT2D eigenvalue weighted by Gasteiger charge is 2.07. The van der Waals surface area contributed by atoms with E-state index in [9.17, 15) is 9.90 Å². The highest BCUT2D eigenvalue weighted by atomic mass is 127. The van der Waals surface area contributed by atoms with Gasteiger partial charge >= 0.3 is 0 Å². The van der Waals surface area contributed by atoms with Crippen LogP contribution in [0.4, 0.5) is 11.5 Å². The molecule has 0 unspecified atom stereocenters. The first kappa shape index (κ1) is 14.7. The Morgan fingerprint density at radius 2 is 2.00 bits per heavy atom. The van der Waals surface area contributed by atoms with Crippen molar-refractivity contribution in [2.24, 2.45) is 0 Å². The minimum atomic E-state index is -1.20. The molecule has 0 aliphatic carbocycles. The van der Waals surface area contributed by atoms with Gasteiger partial charge in [0.1, 0.15) is 12.1 Å². The molecule has 110 valence electrons. The van der Waals surface area contributed by atoms with Crippen LogP contribution in [0, 0.1) is 10.5 Å². The van der Waals surface area contributed by atoms with Crippen molar-refractivity contribution in [3.63, 3.8) is 0 Å². The Balaban J connectivity index is 2.09. The van der Waals surface area contributed by atoms with Crippen molar-refractivity contribution in [2.45, 2.75) is 6.92 Å². The number of nitrogens with one attached hydrogen (secondary N) is 1. The lowest BCUT2D eigenvalue weighted by molar-refractivity contribution is -0.255. The van der Waals surface area contributed by atoms with Gasteiger partial charge in [-0.25, -0.2) is 9.97 Å². The SMILES string of the molecule is Cc1ccc(C(=O)[O-])cc1Nc1ncnc2ccc(I)cc12. The first-order valence-corrected chi connectivity index (χ1v) is 7.62. The fraction of sp³-hybridized carbons (Fsp3) is 0.0625. The van der Waals surface area contributed by atoms with E-state index in [2.05, 4.69) is 37.9 Å². The number of aryl methyl sites for hydroxylation is 1. The van der Waals surface area contributed by atoms with Crippen LogP contribution in [0.2, 0.25) is 0 Å². The van der Waals surface area contributed by atoms with Gasteiger partial charge in [-0.2, -0.15) is 0 Å². The minimum absolute atomic E-state index is 0.126. The summed E-state index contributed by atoms with van der Waals surface area (Å²) < 4.78 is 1.07. The molecule has 3 rings (SSSR count). The Labute approximate surface area is 140 Å². The second-order valence-corrected chi connectivity index (χ2v) is 6.07. The number of hydrogen-bond donors (Lipinski definition) is 1. The lowest BCUT2D eigenvalue weighted by Crippen LogP contribution is -2.22. The maximum Gasteiger partial charge on any atom is 0.141 e. The van der Waals surface area contributed by atoms with E-state index in [1.54, 1.807) is 12.1 Å². The number of rotatable bonds is 3. The summed E-state index contributed by atoms with van der Waals surface area (Å²) in [5.41, 5.74) is 2.55. The number of aromatic nitrogens is 2. The first-order chi connectivity index (χ1) is 10.5. The summed E-state index contributed by atoms with van der Waals surface area (Å²) in [4.78, 5) is 19.5. The quantitative estimate of drug-likeness (QED) is 0.680. The lowest BCUT2D eigenvalue weighted by atomic mass is 10.1. The molecule has 6 heteroatoms. The molecule has 0 aliphatic rings. The topological polar surface area (TPSA) is 77.9 Å². The van der Waals surface area contributed by atoms with Gasteiger partial charge in [0.25, 0.3) is 0 Å². The van der Waals surface area contributed by atoms with E-state index in [1.165, 1.54) is 12.4 Å². The number of halogens is 1. The van der Waals surface area contributed by atoms with Crippen molar-refractivity contribution in [3.8, 4) is 0 Å². The molecule has 0 atom stereocenters. The van der Waals surface area contributed by atoms with Crippen molar-refractivity contribution >= 4 is 51.0 Å². The molecule has 5 nitrogen and oxygen atoms in total. The highest BCUT2D eigenvalue weighted by Crippen LogP contribution is 2.26. The second kappa shape index (κ2) is 5.88. The summed E-state index contributed by atoms with van der Waals surface area (Å²) in [5.74, 6) is -0.563. The number of nitrogens with zero attached hydrogens (tertiary/aromatic N) is 2. The van der Waals surface area contributed by atoms with Gasteiger partial charge in [0.05, 0.1) is 11.5 Å². The summed E-state index contributed by atoms with van der Waals surface area (Å²) in [7, 11) is 0. The summed E-state index contributed by atoms with van der Waals surface area (Å²) in [5, 5.41) is 15.1. The number of carboxylic acids is 1. The zero-order chi connectivity index (χ0) is 15.7. The first-order valence-electron chi connectivity index (χ1n) is 6.54. The third-order valence-corrected chi connectivity index (χ3v) is 3.99. The average Bonchev–Trinajstić information content (AvgIpc) is 2.49. The average molecular weight is 404 g/mol. The second-order valence-electron chi connectivity index (χ2n) is 4.83. The normalized spacial score (nSPS) is 10.6. The molecule has 0 saturated heterocycles. The fourth-order valence-electron chi connectivity index (χ4n) is 2.14. The van der Waals surface area contributed by atoms with E-state index in [-0.39, 0.29) is 5.56 Å². The molecular formula is C16H11IN3O2-. The molecule has 1 N–H and O–H groups in total. The van der Waals surface area contributed by atoms with Gasteiger partial charge in [-0.3, -0.25) is 0 Å². The number of carbonyl (C=O) groups is 1. The molecular weight excluding hydrogens is 393 g/mol. The smallest absolute Gasteiger partial charge is 0.141 e.